The Labute approximate surface area is 187 Å². The minimum Gasteiger partial charge on any atom is -0.481 e. The topological polar surface area (TPSA) is 87.5 Å². The fourth-order valence-corrected chi connectivity index (χ4v) is 4.81. The van der Waals surface area contributed by atoms with Crippen LogP contribution in [0, 0.1) is 5.41 Å². The second-order valence-electron chi connectivity index (χ2n) is 8.25. The largest absolute Gasteiger partial charge is 0.481 e. The highest BCUT2D eigenvalue weighted by Crippen LogP contribution is 2.37. The van der Waals surface area contributed by atoms with Crippen LogP contribution in [0.4, 0.5) is 0 Å². The van der Waals surface area contributed by atoms with Crippen LogP contribution in [-0.2, 0) is 21.5 Å². The summed E-state index contributed by atoms with van der Waals surface area (Å²) in [5.41, 5.74) is 2.04. The number of aromatic nitrogens is 1. The van der Waals surface area contributed by atoms with Gasteiger partial charge < -0.3 is 14.8 Å². The molecule has 1 aromatic carbocycles. The smallest absolute Gasteiger partial charge is 0.232 e. The summed E-state index contributed by atoms with van der Waals surface area (Å²) in [6.07, 6.45) is 4.05. The zero-order valence-corrected chi connectivity index (χ0v) is 18.5. The van der Waals surface area contributed by atoms with Crippen molar-refractivity contribution in [2.75, 3.05) is 20.3 Å². The molecule has 2 aromatic rings. The molecule has 2 fully saturated rings. The molecule has 8 heteroatoms. The molecule has 0 saturated carbocycles. The molecule has 2 aliphatic heterocycles. The molecule has 164 valence electrons. The molecule has 0 bridgehead atoms. The molecule has 31 heavy (non-hydrogen) atoms. The summed E-state index contributed by atoms with van der Waals surface area (Å²) in [6, 6.07) is 9.67. The van der Waals surface area contributed by atoms with Crippen molar-refractivity contribution in [3.05, 3.63) is 58.2 Å². The van der Waals surface area contributed by atoms with Crippen molar-refractivity contribution in [3.63, 3.8) is 0 Å². The van der Waals surface area contributed by atoms with Crippen LogP contribution in [0.15, 0.2) is 36.5 Å². The maximum Gasteiger partial charge on any atom is 0.232 e. The third kappa shape index (κ3) is 4.38. The Morgan fingerprint density at radius 3 is 2.84 bits per heavy atom. The van der Waals surface area contributed by atoms with Crippen molar-refractivity contribution in [2.45, 2.75) is 44.2 Å². The Morgan fingerprint density at radius 2 is 2.13 bits per heavy atom. The predicted molar refractivity (Wildman–Crippen MR) is 119 cm³/mol. The van der Waals surface area contributed by atoms with Crippen molar-refractivity contribution in [1.29, 1.82) is 5.41 Å². The number of ether oxygens (including phenoxy) is 2. The van der Waals surface area contributed by atoms with Gasteiger partial charge >= 0.3 is 0 Å². The van der Waals surface area contributed by atoms with Crippen LogP contribution in [-0.4, -0.2) is 48.1 Å². The molecule has 2 aliphatic rings. The maximum atomic E-state index is 13.1. The van der Waals surface area contributed by atoms with Gasteiger partial charge in [-0.15, -0.1) is 0 Å². The molecule has 3 heterocycles. The molecule has 1 aromatic heterocycles. The van der Waals surface area contributed by atoms with Gasteiger partial charge in [-0.05, 0) is 48.9 Å². The number of carbonyl (C=O) groups excluding carboxylic acids is 1. The van der Waals surface area contributed by atoms with E-state index in [4.69, 9.17) is 26.5 Å². The fraction of sp³-hybridized carbons (Fsp3) is 0.435. The summed E-state index contributed by atoms with van der Waals surface area (Å²) in [5.74, 6) is 0.627. The zero-order chi connectivity index (χ0) is 22.0. The summed E-state index contributed by atoms with van der Waals surface area (Å²) in [6.45, 7) is 3.17. The van der Waals surface area contributed by atoms with Crippen LogP contribution in [0.3, 0.4) is 0 Å². The number of amides is 1. The van der Waals surface area contributed by atoms with E-state index >= 15 is 0 Å². The number of nitrogens with zero attached hydrogens (tertiary/aromatic N) is 2. The molecular weight excluding hydrogens is 416 g/mol. The average Bonchev–Trinajstić information content (AvgIpc) is 2.75. The number of benzene rings is 1. The highest BCUT2D eigenvalue weighted by molar-refractivity contribution is 6.32. The van der Waals surface area contributed by atoms with Gasteiger partial charge in [0.2, 0.25) is 11.8 Å². The van der Waals surface area contributed by atoms with E-state index in [0.29, 0.717) is 30.5 Å². The lowest BCUT2D eigenvalue weighted by molar-refractivity contribution is -0.133. The van der Waals surface area contributed by atoms with Crippen molar-refractivity contribution >= 4 is 23.5 Å². The zero-order valence-electron chi connectivity index (χ0n) is 17.8. The highest BCUT2D eigenvalue weighted by Gasteiger charge is 2.43. The number of guanidine groups is 1. The third-order valence-corrected chi connectivity index (χ3v) is 6.49. The second-order valence-corrected chi connectivity index (χ2v) is 8.63. The standard InChI is InChI=1S/C23H27ClN4O3/c1-23(14-20(29)28(22(25)27-23)17-7-10-31-11-8-17)18-5-3-4-16(21(18)24)12-15-6-9-26-19(13-15)30-2/h3-6,9,13,17H,7-8,10-12,14H2,1-2H3,(H2,25,27)/t23-/m0/s1. The number of pyridine rings is 1. The van der Waals surface area contributed by atoms with Crippen molar-refractivity contribution in [1.82, 2.24) is 15.2 Å². The first-order valence-electron chi connectivity index (χ1n) is 10.4. The van der Waals surface area contributed by atoms with Gasteiger partial charge in [0.25, 0.3) is 0 Å². The van der Waals surface area contributed by atoms with E-state index < -0.39 is 5.54 Å². The second kappa shape index (κ2) is 8.85. The first kappa shape index (κ1) is 21.6. The first-order chi connectivity index (χ1) is 14.9. The van der Waals surface area contributed by atoms with Crippen LogP contribution in [0.5, 0.6) is 5.88 Å². The molecule has 0 spiro atoms. The van der Waals surface area contributed by atoms with Crippen LogP contribution in [0.25, 0.3) is 0 Å². The minimum absolute atomic E-state index is 0.00859. The Kier molecular flexibility index (Phi) is 6.16. The summed E-state index contributed by atoms with van der Waals surface area (Å²) < 4.78 is 10.6. The van der Waals surface area contributed by atoms with E-state index in [1.165, 1.54) is 0 Å². The van der Waals surface area contributed by atoms with Gasteiger partial charge in [-0.25, -0.2) is 4.98 Å². The van der Waals surface area contributed by atoms with Crippen molar-refractivity contribution in [2.24, 2.45) is 0 Å². The summed E-state index contributed by atoms with van der Waals surface area (Å²) in [7, 11) is 1.59. The number of hydrogen-bond donors (Lipinski definition) is 2. The first-order valence-corrected chi connectivity index (χ1v) is 10.8. The van der Waals surface area contributed by atoms with Gasteiger partial charge in [0.1, 0.15) is 0 Å². The Balaban J connectivity index is 1.58. The lowest BCUT2D eigenvalue weighted by Crippen LogP contribution is -2.62. The summed E-state index contributed by atoms with van der Waals surface area (Å²) in [4.78, 5) is 18.8. The molecular formula is C23H27ClN4O3. The molecule has 1 amide bonds. The SMILES string of the molecule is COc1cc(Cc2cccc([C@]3(C)CC(=O)N(C4CCOCC4)C(=N)N3)c2Cl)ccn1. The molecule has 0 aliphatic carbocycles. The van der Waals surface area contributed by atoms with Gasteiger partial charge in [0.15, 0.2) is 5.96 Å². The fourth-order valence-electron chi connectivity index (χ4n) is 4.40. The van der Waals surface area contributed by atoms with Gasteiger partial charge in [0, 0.05) is 36.5 Å². The quantitative estimate of drug-likeness (QED) is 0.740. The van der Waals surface area contributed by atoms with Crippen LogP contribution < -0.4 is 10.1 Å². The molecule has 2 N–H and O–H groups in total. The third-order valence-electron chi connectivity index (χ3n) is 6.04. The highest BCUT2D eigenvalue weighted by atomic mass is 35.5. The average molecular weight is 443 g/mol. The number of methoxy groups -OCH3 is 1. The van der Waals surface area contributed by atoms with Crippen LogP contribution in [0.1, 0.15) is 42.9 Å². The number of hydrogen-bond acceptors (Lipinski definition) is 5. The molecule has 7 nitrogen and oxygen atoms in total. The van der Waals surface area contributed by atoms with Gasteiger partial charge in [0.05, 0.1) is 19.1 Å². The van der Waals surface area contributed by atoms with Crippen molar-refractivity contribution in [3.8, 4) is 5.88 Å². The summed E-state index contributed by atoms with van der Waals surface area (Å²) >= 11 is 6.84. The minimum atomic E-state index is -0.751. The van der Waals surface area contributed by atoms with Crippen molar-refractivity contribution < 1.29 is 14.3 Å². The number of rotatable bonds is 5. The lowest BCUT2D eigenvalue weighted by Gasteiger charge is -2.45. The summed E-state index contributed by atoms with van der Waals surface area (Å²) in [5, 5.41) is 12.4. The monoisotopic (exact) mass is 442 g/mol. The number of halogens is 1. The van der Waals surface area contributed by atoms with Crippen LogP contribution in [0.2, 0.25) is 5.02 Å². The molecule has 2 saturated heterocycles. The Hall–Kier alpha value is -2.64. The Bertz CT molecular complexity index is 973. The van der Waals surface area contributed by atoms with E-state index in [-0.39, 0.29) is 24.3 Å². The van der Waals surface area contributed by atoms with Gasteiger partial charge in [-0.1, -0.05) is 29.8 Å². The lowest BCUT2D eigenvalue weighted by atomic mass is 9.84. The van der Waals surface area contributed by atoms with Gasteiger partial charge in [-0.3, -0.25) is 15.1 Å². The molecule has 0 radical (unpaired) electrons. The Morgan fingerprint density at radius 1 is 1.35 bits per heavy atom. The predicted octanol–water partition coefficient (Wildman–Crippen LogP) is 3.49. The molecule has 4 rings (SSSR count). The van der Waals surface area contributed by atoms with E-state index in [9.17, 15) is 4.79 Å². The molecule has 0 unspecified atom stereocenters. The maximum absolute atomic E-state index is 13.1. The number of carbonyl (C=O) groups is 1. The molecule has 1 atom stereocenters. The van der Waals surface area contributed by atoms with E-state index in [1.54, 1.807) is 18.2 Å². The number of nitrogens with one attached hydrogen (secondary N) is 2. The van der Waals surface area contributed by atoms with E-state index in [1.807, 2.05) is 37.3 Å². The van der Waals surface area contributed by atoms with Crippen LogP contribution >= 0.6 is 11.6 Å². The van der Waals surface area contributed by atoms with Gasteiger partial charge in [-0.2, -0.15) is 0 Å². The van der Waals surface area contributed by atoms with E-state index in [2.05, 4.69) is 10.3 Å². The normalized spacial score (nSPS) is 22.4. The van der Waals surface area contributed by atoms with E-state index in [0.717, 1.165) is 29.5 Å².